The number of aliphatic hydroxyl groups is 1. The zero-order valence-corrected chi connectivity index (χ0v) is 12.2. The fourth-order valence-corrected chi connectivity index (χ4v) is 2.71. The minimum absolute atomic E-state index is 0.0741. The fraction of sp³-hybridized carbons (Fsp3) is 0.667. The molecule has 0 amide bonds. The van der Waals surface area contributed by atoms with Crippen molar-refractivity contribution in [3.63, 3.8) is 0 Å². The van der Waals surface area contributed by atoms with Crippen molar-refractivity contribution in [1.82, 2.24) is 10.3 Å². The van der Waals surface area contributed by atoms with Gasteiger partial charge in [-0.3, -0.25) is 0 Å². The number of nitrogens with zero attached hydrogens (tertiary/aromatic N) is 2. The molecule has 19 heavy (non-hydrogen) atoms. The standard InChI is InChI=1S/C15H25N3O/c1-4-16-8-13-5-11(2)15(17-9-13)18(3)10-12-6-14(19)7-12/h5,9,12,14,16,19H,4,6-8,10H2,1-3H3. The van der Waals surface area contributed by atoms with E-state index in [0.717, 1.165) is 38.3 Å². The van der Waals surface area contributed by atoms with Crippen LogP contribution in [-0.2, 0) is 6.54 Å². The molecule has 0 atom stereocenters. The molecule has 0 aliphatic heterocycles. The summed E-state index contributed by atoms with van der Waals surface area (Å²) in [6.07, 6.45) is 3.75. The van der Waals surface area contributed by atoms with Crippen LogP contribution in [0.4, 0.5) is 5.82 Å². The zero-order chi connectivity index (χ0) is 13.8. The summed E-state index contributed by atoms with van der Waals surface area (Å²) in [6, 6.07) is 2.21. The predicted octanol–water partition coefficient (Wildman–Crippen LogP) is 1.71. The van der Waals surface area contributed by atoms with Crippen LogP contribution in [0.3, 0.4) is 0 Å². The molecule has 106 valence electrons. The highest BCUT2D eigenvalue weighted by Gasteiger charge is 2.28. The van der Waals surface area contributed by atoms with Crippen LogP contribution < -0.4 is 10.2 Å². The average molecular weight is 263 g/mol. The molecule has 2 N–H and O–H groups in total. The largest absolute Gasteiger partial charge is 0.393 e. The second-order valence-electron chi connectivity index (χ2n) is 5.64. The van der Waals surface area contributed by atoms with E-state index in [9.17, 15) is 5.11 Å². The molecular weight excluding hydrogens is 238 g/mol. The van der Waals surface area contributed by atoms with Gasteiger partial charge in [-0.05, 0) is 49.4 Å². The second kappa shape index (κ2) is 6.35. The molecular formula is C15H25N3O. The molecule has 0 radical (unpaired) electrons. The Balaban J connectivity index is 1.95. The van der Waals surface area contributed by atoms with E-state index in [1.54, 1.807) is 0 Å². The van der Waals surface area contributed by atoms with Crippen LogP contribution in [0.1, 0.15) is 30.9 Å². The van der Waals surface area contributed by atoms with Gasteiger partial charge in [0.15, 0.2) is 0 Å². The number of aliphatic hydroxyl groups excluding tert-OH is 1. The number of nitrogens with one attached hydrogen (secondary N) is 1. The van der Waals surface area contributed by atoms with Gasteiger partial charge in [-0.25, -0.2) is 4.98 Å². The Morgan fingerprint density at radius 3 is 2.79 bits per heavy atom. The van der Waals surface area contributed by atoms with E-state index >= 15 is 0 Å². The molecule has 1 aliphatic rings. The minimum atomic E-state index is -0.0741. The number of hydrogen-bond acceptors (Lipinski definition) is 4. The first-order valence-corrected chi connectivity index (χ1v) is 7.15. The SMILES string of the molecule is CCNCc1cnc(N(C)CC2CC(O)C2)c(C)c1. The Hall–Kier alpha value is -1.13. The summed E-state index contributed by atoms with van der Waals surface area (Å²) in [6.45, 7) is 7.06. The molecule has 0 bridgehead atoms. The maximum absolute atomic E-state index is 9.33. The van der Waals surface area contributed by atoms with Crippen LogP contribution in [0.2, 0.25) is 0 Å². The third-order valence-corrected chi connectivity index (χ3v) is 3.79. The third kappa shape index (κ3) is 3.67. The first kappa shape index (κ1) is 14.3. The monoisotopic (exact) mass is 263 g/mol. The average Bonchev–Trinajstić information content (AvgIpc) is 2.34. The molecule has 1 aromatic heterocycles. The number of aryl methyl sites for hydroxylation is 1. The summed E-state index contributed by atoms with van der Waals surface area (Å²) in [5.41, 5.74) is 2.45. The van der Waals surface area contributed by atoms with Gasteiger partial charge < -0.3 is 15.3 Å². The molecule has 4 heteroatoms. The van der Waals surface area contributed by atoms with Crippen LogP contribution >= 0.6 is 0 Å². The van der Waals surface area contributed by atoms with E-state index in [1.807, 2.05) is 6.20 Å². The van der Waals surface area contributed by atoms with Gasteiger partial charge in [-0.2, -0.15) is 0 Å². The van der Waals surface area contributed by atoms with Gasteiger partial charge in [-0.1, -0.05) is 6.92 Å². The molecule has 2 rings (SSSR count). The van der Waals surface area contributed by atoms with Crippen LogP contribution in [0.5, 0.6) is 0 Å². The number of hydrogen-bond donors (Lipinski definition) is 2. The van der Waals surface area contributed by atoms with Crippen LogP contribution in [0.25, 0.3) is 0 Å². The molecule has 1 heterocycles. The second-order valence-corrected chi connectivity index (χ2v) is 5.64. The Morgan fingerprint density at radius 1 is 1.47 bits per heavy atom. The van der Waals surface area contributed by atoms with E-state index in [0.29, 0.717) is 5.92 Å². The van der Waals surface area contributed by atoms with Crippen molar-refractivity contribution >= 4 is 5.82 Å². The van der Waals surface area contributed by atoms with Crippen molar-refractivity contribution in [2.75, 3.05) is 25.0 Å². The summed E-state index contributed by atoms with van der Waals surface area (Å²) in [4.78, 5) is 6.80. The summed E-state index contributed by atoms with van der Waals surface area (Å²) < 4.78 is 0. The highest BCUT2D eigenvalue weighted by Crippen LogP contribution is 2.29. The molecule has 0 unspecified atom stereocenters. The van der Waals surface area contributed by atoms with Crippen LogP contribution in [0, 0.1) is 12.8 Å². The lowest BCUT2D eigenvalue weighted by Gasteiger charge is -2.35. The number of pyridine rings is 1. The van der Waals surface area contributed by atoms with Crippen molar-refractivity contribution in [3.05, 3.63) is 23.4 Å². The highest BCUT2D eigenvalue weighted by molar-refractivity contribution is 5.46. The Bertz CT molecular complexity index is 416. The number of anilines is 1. The Labute approximate surface area is 115 Å². The van der Waals surface area contributed by atoms with Crippen molar-refractivity contribution in [2.45, 2.75) is 39.3 Å². The summed E-state index contributed by atoms with van der Waals surface area (Å²) in [5, 5.41) is 12.6. The van der Waals surface area contributed by atoms with Crippen molar-refractivity contribution < 1.29 is 5.11 Å². The minimum Gasteiger partial charge on any atom is -0.393 e. The van der Waals surface area contributed by atoms with Gasteiger partial charge in [0.1, 0.15) is 5.82 Å². The number of aromatic nitrogens is 1. The van der Waals surface area contributed by atoms with Gasteiger partial charge in [0.05, 0.1) is 6.10 Å². The molecule has 0 aromatic carbocycles. The quantitative estimate of drug-likeness (QED) is 0.820. The fourth-order valence-electron chi connectivity index (χ4n) is 2.71. The van der Waals surface area contributed by atoms with Crippen molar-refractivity contribution in [3.8, 4) is 0 Å². The lowest BCUT2D eigenvalue weighted by molar-refractivity contribution is 0.0464. The van der Waals surface area contributed by atoms with Gasteiger partial charge in [0.25, 0.3) is 0 Å². The molecule has 1 aliphatic carbocycles. The molecule has 1 fully saturated rings. The van der Waals surface area contributed by atoms with E-state index in [4.69, 9.17) is 0 Å². The van der Waals surface area contributed by atoms with E-state index in [1.165, 1.54) is 11.1 Å². The van der Waals surface area contributed by atoms with Crippen molar-refractivity contribution in [2.24, 2.45) is 5.92 Å². The highest BCUT2D eigenvalue weighted by atomic mass is 16.3. The smallest absolute Gasteiger partial charge is 0.131 e. The zero-order valence-electron chi connectivity index (χ0n) is 12.2. The lowest BCUT2D eigenvalue weighted by atomic mass is 9.82. The summed E-state index contributed by atoms with van der Waals surface area (Å²) in [7, 11) is 2.09. The Kier molecular flexibility index (Phi) is 4.77. The maximum Gasteiger partial charge on any atom is 0.131 e. The summed E-state index contributed by atoms with van der Waals surface area (Å²) >= 11 is 0. The summed E-state index contributed by atoms with van der Waals surface area (Å²) in [5.74, 6) is 1.67. The topological polar surface area (TPSA) is 48.4 Å². The van der Waals surface area contributed by atoms with Gasteiger partial charge in [-0.15, -0.1) is 0 Å². The lowest BCUT2D eigenvalue weighted by Crippen LogP contribution is -2.37. The third-order valence-electron chi connectivity index (χ3n) is 3.79. The van der Waals surface area contributed by atoms with Crippen LogP contribution in [-0.4, -0.2) is 36.3 Å². The van der Waals surface area contributed by atoms with E-state index in [2.05, 4.69) is 42.2 Å². The molecule has 0 saturated heterocycles. The predicted molar refractivity (Wildman–Crippen MR) is 78.4 cm³/mol. The van der Waals surface area contributed by atoms with Crippen molar-refractivity contribution in [1.29, 1.82) is 0 Å². The van der Waals surface area contributed by atoms with E-state index in [-0.39, 0.29) is 6.10 Å². The normalized spacial score (nSPS) is 22.1. The molecule has 1 saturated carbocycles. The molecule has 0 spiro atoms. The first-order chi connectivity index (χ1) is 9.10. The van der Waals surface area contributed by atoms with Gasteiger partial charge in [0.2, 0.25) is 0 Å². The van der Waals surface area contributed by atoms with Gasteiger partial charge in [0, 0.05) is 26.3 Å². The Morgan fingerprint density at radius 2 is 2.21 bits per heavy atom. The first-order valence-electron chi connectivity index (χ1n) is 7.15. The van der Waals surface area contributed by atoms with Gasteiger partial charge >= 0.3 is 0 Å². The van der Waals surface area contributed by atoms with Crippen LogP contribution in [0.15, 0.2) is 12.3 Å². The molecule has 4 nitrogen and oxygen atoms in total. The maximum atomic E-state index is 9.33. The molecule has 1 aromatic rings. The van der Waals surface area contributed by atoms with E-state index < -0.39 is 0 Å². The number of rotatable bonds is 6.